The van der Waals surface area contributed by atoms with E-state index in [0.717, 1.165) is 0 Å². The summed E-state index contributed by atoms with van der Waals surface area (Å²) >= 11 is 11.8. The second kappa shape index (κ2) is 6.78. The van der Waals surface area contributed by atoms with Crippen LogP contribution in [0.5, 0.6) is 0 Å². The zero-order chi connectivity index (χ0) is 13.7. The van der Waals surface area contributed by atoms with Gasteiger partial charge in [0.05, 0.1) is 5.02 Å². The molecule has 7 heteroatoms. The molecule has 0 saturated carbocycles. The van der Waals surface area contributed by atoms with Gasteiger partial charge in [-0.3, -0.25) is 0 Å². The van der Waals surface area contributed by atoms with Crippen LogP contribution < -0.4 is 11.1 Å². The molecule has 1 atom stereocenters. The minimum Gasteiger partial charge on any atom is -0.448 e. The molecule has 1 amide bonds. The van der Waals surface area contributed by atoms with E-state index in [-0.39, 0.29) is 17.7 Å². The summed E-state index contributed by atoms with van der Waals surface area (Å²) in [7, 11) is 0. The first kappa shape index (κ1) is 15.0. The molecule has 0 heterocycles. The van der Waals surface area contributed by atoms with Gasteiger partial charge in [0.2, 0.25) is 0 Å². The fraction of sp³-hybridized carbons (Fsp3) is 0.364. The number of carbonyl (C=O) groups is 1. The molecule has 0 spiro atoms. The lowest BCUT2D eigenvalue weighted by molar-refractivity contribution is 0.156. The molecule has 1 rings (SSSR count). The minimum absolute atomic E-state index is 0.0154. The Morgan fingerprint density at radius 3 is 2.83 bits per heavy atom. The summed E-state index contributed by atoms with van der Waals surface area (Å²) in [5, 5.41) is 3.35. The van der Waals surface area contributed by atoms with Gasteiger partial charge < -0.3 is 15.8 Å². The van der Waals surface area contributed by atoms with Crippen molar-refractivity contribution in [3.8, 4) is 0 Å². The summed E-state index contributed by atoms with van der Waals surface area (Å²) in [5.74, 6) is -0.530. The first-order valence-electron chi connectivity index (χ1n) is 5.22. The molecular formula is C11H13Cl2FN2O2. The lowest BCUT2D eigenvalue weighted by atomic mass is 10.1. The van der Waals surface area contributed by atoms with Crippen LogP contribution in [0.3, 0.4) is 0 Å². The van der Waals surface area contributed by atoms with E-state index in [9.17, 15) is 9.18 Å². The van der Waals surface area contributed by atoms with E-state index in [1.165, 1.54) is 12.1 Å². The Balaban J connectivity index is 2.64. The lowest BCUT2D eigenvalue weighted by Gasteiger charge is -2.17. The van der Waals surface area contributed by atoms with E-state index in [1.54, 1.807) is 6.92 Å². The Hall–Kier alpha value is -1.04. The molecule has 0 aliphatic heterocycles. The Labute approximate surface area is 114 Å². The number of halogens is 3. The lowest BCUT2D eigenvalue weighted by Crippen LogP contribution is -2.26. The molecule has 100 valence electrons. The predicted octanol–water partition coefficient (Wildman–Crippen LogP) is 2.88. The van der Waals surface area contributed by atoms with Gasteiger partial charge in [0.1, 0.15) is 12.4 Å². The van der Waals surface area contributed by atoms with Crippen molar-refractivity contribution in [2.24, 2.45) is 5.73 Å². The topological polar surface area (TPSA) is 64.3 Å². The van der Waals surface area contributed by atoms with Gasteiger partial charge in [-0.25, -0.2) is 9.18 Å². The van der Waals surface area contributed by atoms with Crippen LogP contribution in [0.2, 0.25) is 10.0 Å². The van der Waals surface area contributed by atoms with Crippen LogP contribution in [0.4, 0.5) is 9.18 Å². The fourth-order valence-electron chi connectivity index (χ4n) is 1.47. The number of primary amides is 1. The highest BCUT2D eigenvalue weighted by molar-refractivity contribution is 6.36. The molecule has 4 nitrogen and oxygen atoms in total. The Bertz CT molecular complexity index is 443. The summed E-state index contributed by atoms with van der Waals surface area (Å²) < 4.78 is 17.9. The third-order valence-corrected chi connectivity index (χ3v) is 3.02. The van der Waals surface area contributed by atoms with Crippen molar-refractivity contribution in [1.82, 2.24) is 5.32 Å². The quantitative estimate of drug-likeness (QED) is 0.648. The average molecular weight is 295 g/mol. The number of hydrogen-bond donors (Lipinski definition) is 2. The smallest absolute Gasteiger partial charge is 0.404 e. The monoisotopic (exact) mass is 294 g/mol. The van der Waals surface area contributed by atoms with Crippen molar-refractivity contribution in [3.05, 3.63) is 33.6 Å². The third-order valence-electron chi connectivity index (χ3n) is 2.31. The number of amides is 1. The number of carbonyl (C=O) groups excluding carboxylic acids is 1. The molecule has 0 bridgehead atoms. The molecule has 1 aromatic carbocycles. The molecule has 18 heavy (non-hydrogen) atoms. The number of rotatable bonds is 5. The molecule has 0 aliphatic carbocycles. The Kier molecular flexibility index (Phi) is 5.65. The SMILES string of the molecule is CC(NCCOC(N)=O)c1c(Cl)ccc(F)c1Cl. The van der Waals surface area contributed by atoms with Crippen LogP contribution in [-0.2, 0) is 4.74 Å². The zero-order valence-corrected chi connectivity index (χ0v) is 11.2. The van der Waals surface area contributed by atoms with Gasteiger partial charge in [0, 0.05) is 23.2 Å². The van der Waals surface area contributed by atoms with Gasteiger partial charge >= 0.3 is 6.09 Å². The van der Waals surface area contributed by atoms with Crippen molar-refractivity contribution in [3.63, 3.8) is 0 Å². The van der Waals surface area contributed by atoms with Crippen molar-refractivity contribution < 1.29 is 13.9 Å². The average Bonchev–Trinajstić information content (AvgIpc) is 2.30. The van der Waals surface area contributed by atoms with Gasteiger partial charge in [-0.15, -0.1) is 0 Å². The van der Waals surface area contributed by atoms with Crippen molar-refractivity contribution in [2.45, 2.75) is 13.0 Å². The molecule has 0 aliphatic rings. The number of benzene rings is 1. The van der Waals surface area contributed by atoms with Crippen LogP contribution in [0.25, 0.3) is 0 Å². The number of hydrogen-bond acceptors (Lipinski definition) is 3. The van der Waals surface area contributed by atoms with E-state index in [2.05, 4.69) is 10.1 Å². The van der Waals surface area contributed by atoms with E-state index in [0.29, 0.717) is 17.1 Å². The van der Waals surface area contributed by atoms with Crippen molar-refractivity contribution in [1.29, 1.82) is 0 Å². The van der Waals surface area contributed by atoms with Crippen LogP contribution in [0.15, 0.2) is 12.1 Å². The van der Waals surface area contributed by atoms with E-state index >= 15 is 0 Å². The van der Waals surface area contributed by atoms with Gasteiger partial charge in [0.25, 0.3) is 0 Å². The van der Waals surface area contributed by atoms with Crippen molar-refractivity contribution in [2.75, 3.05) is 13.2 Å². The molecule has 0 saturated heterocycles. The van der Waals surface area contributed by atoms with Crippen LogP contribution in [-0.4, -0.2) is 19.2 Å². The third kappa shape index (κ3) is 4.01. The number of ether oxygens (including phenoxy) is 1. The maximum atomic E-state index is 13.3. The largest absolute Gasteiger partial charge is 0.448 e. The van der Waals surface area contributed by atoms with E-state index in [1.807, 2.05) is 0 Å². The summed E-state index contributed by atoms with van der Waals surface area (Å²) in [5.41, 5.74) is 5.28. The fourth-order valence-corrected chi connectivity index (χ4v) is 2.17. The minimum atomic E-state index is -0.841. The summed E-state index contributed by atoms with van der Waals surface area (Å²) in [6.45, 7) is 2.24. The first-order chi connectivity index (χ1) is 8.43. The zero-order valence-electron chi connectivity index (χ0n) is 9.67. The van der Waals surface area contributed by atoms with Gasteiger partial charge in [-0.2, -0.15) is 0 Å². The molecule has 3 N–H and O–H groups in total. The van der Waals surface area contributed by atoms with E-state index in [4.69, 9.17) is 28.9 Å². The predicted molar refractivity (Wildman–Crippen MR) is 68.4 cm³/mol. The Morgan fingerprint density at radius 1 is 1.56 bits per heavy atom. The summed E-state index contributed by atoms with van der Waals surface area (Å²) in [6.07, 6.45) is -0.841. The van der Waals surface area contributed by atoms with Gasteiger partial charge in [-0.1, -0.05) is 23.2 Å². The summed E-state index contributed by atoms with van der Waals surface area (Å²) in [4.78, 5) is 10.3. The maximum absolute atomic E-state index is 13.3. The molecule has 0 aromatic heterocycles. The highest BCUT2D eigenvalue weighted by Crippen LogP contribution is 2.32. The standard InChI is InChI=1S/C11H13Cl2FN2O2/c1-6(16-4-5-18-11(15)17)9-7(12)2-3-8(14)10(9)13/h2-3,6,16H,4-5H2,1H3,(H2,15,17). The van der Waals surface area contributed by atoms with Crippen LogP contribution in [0.1, 0.15) is 18.5 Å². The van der Waals surface area contributed by atoms with Gasteiger partial charge in [0.15, 0.2) is 0 Å². The molecule has 1 aromatic rings. The van der Waals surface area contributed by atoms with E-state index < -0.39 is 11.9 Å². The molecule has 1 unspecified atom stereocenters. The van der Waals surface area contributed by atoms with Crippen LogP contribution in [0, 0.1) is 5.82 Å². The highest BCUT2D eigenvalue weighted by Gasteiger charge is 2.16. The van der Waals surface area contributed by atoms with Gasteiger partial charge in [-0.05, 0) is 19.1 Å². The summed E-state index contributed by atoms with van der Waals surface area (Å²) in [6, 6.07) is 2.37. The van der Waals surface area contributed by atoms with Crippen LogP contribution >= 0.6 is 23.2 Å². The molecule has 0 radical (unpaired) electrons. The normalized spacial score (nSPS) is 12.2. The number of nitrogens with two attached hydrogens (primary N) is 1. The maximum Gasteiger partial charge on any atom is 0.404 e. The molecule has 0 fully saturated rings. The number of nitrogens with one attached hydrogen (secondary N) is 1. The second-order valence-corrected chi connectivity index (χ2v) is 4.39. The highest BCUT2D eigenvalue weighted by atomic mass is 35.5. The first-order valence-corrected chi connectivity index (χ1v) is 5.98. The Morgan fingerprint density at radius 2 is 2.22 bits per heavy atom. The second-order valence-electron chi connectivity index (χ2n) is 3.60. The van der Waals surface area contributed by atoms with Crippen molar-refractivity contribution >= 4 is 29.3 Å². The molecular weight excluding hydrogens is 282 g/mol.